The fourth-order valence-electron chi connectivity index (χ4n) is 2.69. The zero-order chi connectivity index (χ0) is 21.9. The molecule has 9 nitrogen and oxygen atoms in total. The summed E-state index contributed by atoms with van der Waals surface area (Å²) in [5.74, 6) is 0. The third-order valence-electron chi connectivity index (χ3n) is 4.05. The van der Waals surface area contributed by atoms with Crippen LogP contribution in [-0.4, -0.2) is 28.0 Å². The van der Waals surface area contributed by atoms with E-state index in [0.29, 0.717) is 5.69 Å². The highest BCUT2D eigenvalue weighted by atomic mass is 32.2. The average Bonchev–Trinajstić information content (AvgIpc) is 2.69. The Bertz CT molecular complexity index is 1310. The Morgan fingerprint density at radius 2 is 1.40 bits per heavy atom. The van der Waals surface area contributed by atoms with E-state index >= 15 is 0 Å². The van der Waals surface area contributed by atoms with Crippen LogP contribution in [0.15, 0.2) is 82.6 Å². The van der Waals surface area contributed by atoms with E-state index in [0.717, 1.165) is 18.4 Å². The van der Waals surface area contributed by atoms with Crippen molar-refractivity contribution in [1.29, 1.82) is 0 Å². The van der Waals surface area contributed by atoms with Gasteiger partial charge in [-0.2, -0.15) is 0 Å². The minimum absolute atomic E-state index is 0.101. The van der Waals surface area contributed by atoms with Gasteiger partial charge in [-0.25, -0.2) is 16.8 Å². The molecule has 0 fully saturated rings. The highest BCUT2D eigenvalue weighted by Gasteiger charge is 2.25. The number of nitro groups is 1. The van der Waals surface area contributed by atoms with Gasteiger partial charge in [0.2, 0.25) is 0 Å². The number of benzene rings is 3. The van der Waals surface area contributed by atoms with Crippen molar-refractivity contribution in [2.24, 2.45) is 0 Å². The van der Waals surface area contributed by atoms with Crippen LogP contribution in [0.25, 0.3) is 0 Å². The van der Waals surface area contributed by atoms with E-state index < -0.39 is 29.7 Å². The van der Waals surface area contributed by atoms with Crippen molar-refractivity contribution < 1.29 is 21.8 Å². The lowest BCUT2D eigenvalue weighted by Gasteiger charge is -2.15. The number of hydrogen-bond acceptors (Lipinski definition) is 7. The molecular formula is C19H17N3O6S2. The lowest BCUT2D eigenvalue weighted by atomic mass is 10.2. The van der Waals surface area contributed by atoms with Crippen molar-refractivity contribution >= 4 is 42.6 Å². The molecule has 0 amide bonds. The molecule has 3 aromatic carbocycles. The SMILES string of the molecule is CS(=O)(=O)c1ccccc1S(=O)(=O)Nc1cc([N+](=O)[O-])ccc1Nc1ccccc1. The number of sulfonamides is 1. The van der Waals surface area contributed by atoms with Crippen LogP contribution in [0.1, 0.15) is 0 Å². The third-order valence-corrected chi connectivity index (χ3v) is 6.76. The number of nitrogens with one attached hydrogen (secondary N) is 2. The summed E-state index contributed by atoms with van der Waals surface area (Å²) >= 11 is 0. The van der Waals surface area contributed by atoms with E-state index in [9.17, 15) is 26.9 Å². The molecule has 3 rings (SSSR count). The summed E-state index contributed by atoms with van der Waals surface area (Å²) < 4.78 is 52.3. The lowest BCUT2D eigenvalue weighted by molar-refractivity contribution is -0.384. The average molecular weight is 447 g/mol. The van der Waals surface area contributed by atoms with Gasteiger partial charge in [0.15, 0.2) is 9.84 Å². The van der Waals surface area contributed by atoms with Crippen molar-refractivity contribution in [2.75, 3.05) is 16.3 Å². The Morgan fingerprint density at radius 3 is 2.00 bits per heavy atom. The summed E-state index contributed by atoms with van der Waals surface area (Å²) in [4.78, 5) is 9.69. The molecule has 2 N–H and O–H groups in total. The number of non-ortho nitro benzene ring substituents is 1. The molecule has 0 radical (unpaired) electrons. The van der Waals surface area contributed by atoms with Crippen LogP contribution < -0.4 is 10.0 Å². The fraction of sp³-hybridized carbons (Fsp3) is 0.0526. The van der Waals surface area contributed by atoms with Crippen molar-refractivity contribution in [2.45, 2.75) is 9.79 Å². The second-order valence-corrected chi connectivity index (χ2v) is 9.94. The highest BCUT2D eigenvalue weighted by Crippen LogP contribution is 2.32. The highest BCUT2D eigenvalue weighted by molar-refractivity contribution is 7.95. The van der Waals surface area contributed by atoms with E-state index in [-0.39, 0.29) is 22.0 Å². The van der Waals surface area contributed by atoms with Crippen LogP contribution in [0.3, 0.4) is 0 Å². The first kappa shape index (κ1) is 21.3. The third kappa shape index (κ3) is 4.75. The molecule has 0 aliphatic heterocycles. The number of para-hydroxylation sites is 1. The zero-order valence-electron chi connectivity index (χ0n) is 15.6. The maximum absolute atomic E-state index is 13.0. The number of nitro benzene ring substituents is 1. The maximum Gasteiger partial charge on any atom is 0.271 e. The molecule has 11 heteroatoms. The number of rotatable bonds is 7. The molecule has 0 aromatic heterocycles. The summed E-state index contributed by atoms with van der Waals surface area (Å²) in [7, 11) is -8.21. The van der Waals surface area contributed by atoms with Crippen molar-refractivity contribution in [3.8, 4) is 0 Å². The largest absolute Gasteiger partial charge is 0.354 e. The zero-order valence-corrected chi connectivity index (χ0v) is 17.3. The van der Waals surface area contributed by atoms with E-state index in [1.807, 2.05) is 0 Å². The van der Waals surface area contributed by atoms with Gasteiger partial charge in [0.05, 0.1) is 21.2 Å². The van der Waals surface area contributed by atoms with Gasteiger partial charge in [0.1, 0.15) is 4.90 Å². The molecule has 0 heterocycles. The monoisotopic (exact) mass is 447 g/mol. The molecule has 0 saturated carbocycles. The smallest absolute Gasteiger partial charge is 0.271 e. The predicted molar refractivity (Wildman–Crippen MR) is 113 cm³/mol. The van der Waals surface area contributed by atoms with Gasteiger partial charge in [-0.3, -0.25) is 14.8 Å². The fourth-order valence-corrected chi connectivity index (χ4v) is 5.40. The van der Waals surface area contributed by atoms with Gasteiger partial charge in [0.25, 0.3) is 15.7 Å². The molecule has 0 bridgehead atoms. The standard InChI is InChI=1S/C19H17N3O6S2/c1-29(25,26)18-9-5-6-10-19(18)30(27,28)21-17-13-15(22(23)24)11-12-16(17)20-14-7-3-2-4-8-14/h2-13,20-21H,1H3. The summed E-state index contributed by atoms with van der Waals surface area (Å²) in [6.45, 7) is 0. The number of hydrogen-bond donors (Lipinski definition) is 2. The summed E-state index contributed by atoms with van der Waals surface area (Å²) in [5, 5.41) is 14.2. The lowest BCUT2D eigenvalue weighted by Crippen LogP contribution is -2.17. The first-order valence-electron chi connectivity index (χ1n) is 8.50. The minimum atomic E-state index is -4.38. The first-order valence-corrected chi connectivity index (χ1v) is 11.9. The van der Waals surface area contributed by atoms with Gasteiger partial charge in [0, 0.05) is 24.1 Å². The molecule has 0 spiro atoms. The first-order chi connectivity index (χ1) is 14.1. The molecule has 0 aliphatic carbocycles. The summed E-state index contributed by atoms with van der Waals surface area (Å²) in [6.07, 6.45) is 0.900. The van der Waals surface area contributed by atoms with Crippen LogP contribution in [0.5, 0.6) is 0 Å². The Labute approximate surface area is 173 Å². The molecule has 0 saturated heterocycles. The summed E-state index contributed by atoms with van der Waals surface area (Å²) in [6, 6.07) is 17.6. The van der Waals surface area contributed by atoms with Crippen LogP contribution in [0.4, 0.5) is 22.7 Å². The Balaban J connectivity index is 2.09. The second kappa shape index (κ2) is 8.13. The number of nitrogens with zero attached hydrogens (tertiary/aromatic N) is 1. The van der Waals surface area contributed by atoms with Crippen molar-refractivity contribution in [3.05, 3.63) is 82.9 Å². The van der Waals surface area contributed by atoms with E-state index in [1.54, 1.807) is 30.3 Å². The van der Waals surface area contributed by atoms with Gasteiger partial charge in [-0.05, 0) is 30.3 Å². The predicted octanol–water partition coefficient (Wildman–Crippen LogP) is 3.54. The van der Waals surface area contributed by atoms with Crippen LogP contribution in [0, 0.1) is 10.1 Å². The normalized spacial score (nSPS) is 11.6. The molecule has 30 heavy (non-hydrogen) atoms. The topological polar surface area (TPSA) is 135 Å². The molecule has 0 aliphatic rings. The van der Waals surface area contributed by atoms with E-state index in [4.69, 9.17) is 0 Å². The number of anilines is 3. The van der Waals surface area contributed by atoms with Crippen LogP contribution in [0.2, 0.25) is 0 Å². The summed E-state index contributed by atoms with van der Waals surface area (Å²) in [5.41, 5.74) is 0.453. The number of sulfone groups is 1. The van der Waals surface area contributed by atoms with Crippen LogP contribution >= 0.6 is 0 Å². The van der Waals surface area contributed by atoms with E-state index in [2.05, 4.69) is 10.0 Å². The van der Waals surface area contributed by atoms with Crippen LogP contribution in [-0.2, 0) is 19.9 Å². The molecule has 156 valence electrons. The van der Waals surface area contributed by atoms with Gasteiger partial charge < -0.3 is 5.32 Å². The molecule has 0 unspecified atom stereocenters. The Hall–Kier alpha value is -3.44. The minimum Gasteiger partial charge on any atom is -0.354 e. The van der Waals surface area contributed by atoms with Gasteiger partial charge in [-0.15, -0.1) is 0 Å². The Morgan fingerprint density at radius 1 is 0.800 bits per heavy atom. The quantitative estimate of drug-likeness (QED) is 0.418. The molecule has 0 atom stereocenters. The van der Waals surface area contributed by atoms with Gasteiger partial charge in [-0.1, -0.05) is 30.3 Å². The van der Waals surface area contributed by atoms with Gasteiger partial charge >= 0.3 is 0 Å². The maximum atomic E-state index is 13.0. The van der Waals surface area contributed by atoms with E-state index in [1.165, 1.54) is 30.3 Å². The van der Waals surface area contributed by atoms with Crippen molar-refractivity contribution in [3.63, 3.8) is 0 Å². The second-order valence-electron chi connectivity index (χ2n) is 6.30. The molecule has 3 aromatic rings. The van der Waals surface area contributed by atoms with Crippen molar-refractivity contribution in [1.82, 2.24) is 0 Å². The Kier molecular flexibility index (Phi) is 5.76. The molecular weight excluding hydrogens is 430 g/mol.